The van der Waals surface area contributed by atoms with Crippen molar-refractivity contribution in [2.75, 3.05) is 0 Å². The average Bonchev–Trinajstić information content (AvgIpc) is 1.91. The van der Waals surface area contributed by atoms with Crippen LogP contribution in [0.5, 0.6) is 0 Å². The fourth-order valence-corrected chi connectivity index (χ4v) is 0.175. The van der Waals surface area contributed by atoms with Crippen LogP contribution in [0.25, 0.3) is 0 Å². The molecule has 0 rings (SSSR count). The van der Waals surface area contributed by atoms with Gasteiger partial charge in [-0.1, -0.05) is 20.8 Å². The Labute approximate surface area is 55.3 Å². The number of carboxylic acid groups (broad SMARTS) is 1. The second-order valence-corrected chi connectivity index (χ2v) is 1.26. The molecule has 3 nitrogen and oxygen atoms in total. The molecule has 0 fully saturated rings. The zero-order chi connectivity index (χ0) is 7.86. The summed E-state index contributed by atoms with van der Waals surface area (Å²) in [6.07, 6.45) is -0.907. The predicted molar refractivity (Wildman–Crippen MR) is 35.3 cm³/mol. The molecule has 0 saturated heterocycles. The highest BCUT2D eigenvalue weighted by Crippen LogP contribution is 1.86. The van der Waals surface area contributed by atoms with Crippen LogP contribution in [0.1, 0.15) is 27.2 Å². The third-order valence-corrected chi connectivity index (χ3v) is 0.672. The van der Waals surface area contributed by atoms with Gasteiger partial charge in [0.25, 0.3) is 0 Å². The van der Waals surface area contributed by atoms with Gasteiger partial charge >= 0.3 is 5.97 Å². The zero-order valence-corrected chi connectivity index (χ0v) is 6.09. The van der Waals surface area contributed by atoms with Crippen molar-refractivity contribution in [1.82, 2.24) is 0 Å². The van der Waals surface area contributed by atoms with E-state index in [4.69, 9.17) is 10.2 Å². The number of hydrogen-bond donors (Lipinski definition) is 2. The zero-order valence-electron chi connectivity index (χ0n) is 6.09. The van der Waals surface area contributed by atoms with Gasteiger partial charge in [-0.2, -0.15) is 0 Å². The Morgan fingerprint density at radius 2 is 1.89 bits per heavy atom. The summed E-state index contributed by atoms with van der Waals surface area (Å²) in [7, 11) is 0. The van der Waals surface area contributed by atoms with Crippen LogP contribution in [0.4, 0.5) is 0 Å². The molecule has 0 saturated carbocycles. The first kappa shape index (κ1) is 11.3. The predicted octanol–water partition coefficient (Wildman–Crippen LogP) is 0.868. The minimum atomic E-state index is -1.18. The minimum Gasteiger partial charge on any atom is -0.479 e. The smallest absolute Gasteiger partial charge is 0.332 e. The molecular formula is C6H14O3. The van der Waals surface area contributed by atoms with E-state index in [2.05, 4.69) is 0 Å². The first-order chi connectivity index (χ1) is 4.18. The lowest BCUT2D eigenvalue weighted by Crippen LogP contribution is -2.17. The third-order valence-electron chi connectivity index (χ3n) is 0.672. The minimum absolute atomic E-state index is 0.273. The highest BCUT2D eigenvalue weighted by Gasteiger charge is 2.07. The third kappa shape index (κ3) is 7.43. The largest absolute Gasteiger partial charge is 0.479 e. The fourth-order valence-electron chi connectivity index (χ4n) is 0.175. The molecule has 3 heteroatoms. The van der Waals surface area contributed by atoms with Crippen LogP contribution < -0.4 is 0 Å². The van der Waals surface area contributed by atoms with Gasteiger partial charge in [0.1, 0.15) is 0 Å². The second-order valence-electron chi connectivity index (χ2n) is 1.26. The molecule has 1 unspecified atom stereocenters. The van der Waals surface area contributed by atoms with E-state index in [9.17, 15) is 4.79 Å². The number of hydrogen-bond acceptors (Lipinski definition) is 2. The number of rotatable bonds is 2. The number of carboxylic acids is 1. The summed E-state index contributed by atoms with van der Waals surface area (Å²) in [6.45, 7) is 5.61. The quantitative estimate of drug-likeness (QED) is 0.589. The van der Waals surface area contributed by atoms with Crippen LogP contribution in [0.2, 0.25) is 0 Å². The van der Waals surface area contributed by atoms with Crippen LogP contribution in [0, 0.1) is 0 Å². The van der Waals surface area contributed by atoms with Crippen molar-refractivity contribution in [3.63, 3.8) is 0 Å². The number of aliphatic hydroxyl groups is 1. The number of aliphatic hydroxyl groups excluding tert-OH is 1. The first-order valence-electron chi connectivity index (χ1n) is 3.09. The van der Waals surface area contributed by atoms with E-state index in [1.807, 2.05) is 13.8 Å². The summed E-state index contributed by atoms with van der Waals surface area (Å²) in [5.41, 5.74) is 0. The summed E-state index contributed by atoms with van der Waals surface area (Å²) >= 11 is 0. The van der Waals surface area contributed by atoms with Gasteiger partial charge < -0.3 is 10.2 Å². The number of aliphatic carboxylic acids is 1. The van der Waals surface area contributed by atoms with E-state index in [-0.39, 0.29) is 6.42 Å². The van der Waals surface area contributed by atoms with Gasteiger partial charge in [-0.3, -0.25) is 0 Å². The molecule has 0 amide bonds. The van der Waals surface area contributed by atoms with Crippen molar-refractivity contribution in [3.05, 3.63) is 0 Å². The molecule has 56 valence electrons. The van der Waals surface area contributed by atoms with Gasteiger partial charge in [-0.25, -0.2) is 4.79 Å². The van der Waals surface area contributed by atoms with Gasteiger partial charge in [0.05, 0.1) is 0 Å². The SMILES string of the molecule is CC.CCC(O)C(=O)O. The van der Waals surface area contributed by atoms with Crippen molar-refractivity contribution in [3.8, 4) is 0 Å². The molecule has 0 aromatic heterocycles. The van der Waals surface area contributed by atoms with E-state index >= 15 is 0 Å². The van der Waals surface area contributed by atoms with Crippen LogP contribution in [-0.4, -0.2) is 22.3 Å². The second kappa shape index (κ2) is 7.43. The van der Waals surface area contributed by atoms with E-state index < -0.39 is 12.1 Å². The van der Waals surface area contributed by atoms with Crippen molar-refractivity contribution < 1.29 is 15.0 Å². The Hall–Kier alpha value is -0.570. The van der Waals surface area contributed by atoms with Gasteiger partial charge in [-0.05, 0) is 6.42 Å². The highest BCUT2D eigenvalue weighted by molar-refractivity contribution is 5.71. The maximum absolute atomic E-state index is 9.68. The van der Waals surface area contributed by atoms with E-state index in [0.29, 0.717) is 0 Å². The van der Waals surface area contributed by atoms with Crippen molar-refractivity contribution in [2.24, 2.45) is 0 Å². The summed E-state index contributed by atoms with van der Waals surface area (Å²) in [6, 6.07) is 0. The van der Waals surface area contributed by atoms with Crippen LogP contribution in [0.3, 0.4) is 0 Å². The van der Waals surface area contributed by atoms with Gasteiger partial charge in [-0.15, -0.1) is 0 Å². The summed E-state index contributed by atoms with van der Waals surface area (Å²) in [5, 5.41) is 16.3. The van der Waals surface area contributed by atoms with Gasteiger partial charge in [0.2, 0.25) is 0 Å². The average molecular weight is 134 g/mol. The maximum Gasteiger partial charge on any atom is 0.332 e. The molecular weight excluding hydrogens is 120 g/mol. The van der Waals surface area contributed by atoms with Gasteiger partial charge in [0, 0.05) is 0 Å². The molecule has 0 radical (unpaired) electrons. The molecule has 0 aromatic rings. The normalized spacial score (nSPS) is 11.1. The molecule has 0 aromatic carbocycles. The lowest BCUT2D eigenvalue weighted by atomic mass is 10.3. The Bertz CT molecular complexity index is 70.7. The Morgan fingerprint density at radius 1 is 1.56 bits per heavy atom. The Morgan fingerprint density at radius 3 is 1.89 bits per heavy atom. The van der Waals surface area contributed by atoms with Crippen molar-refractivity contribution >= 4 is 5.97 Å². The summed E-state index contributed by atoms with van der Waals surface area (Å²) in [5.74, 6) is -1.15. The molecule has 0 aliphatic carbocycles. The highest BCUT2D eigenvalue weighted by atomic mass is 16.4. The van der Waals surface area contributed by atoms with Crippen molar-refractivity contribution in [2.45, 2.75) is 33.3 Å². The maximum atomic E-state index is 9.68. The van der Waals surface area contributed by atoms with E-state index in [1.54, 1.807) is 6.92 Å². The molecule has 9 heavy (non-hydrogen) atoms. The van der Waals surface area contributed by atoms with E-state index in [1.165, 1.54) is 0 Å². The van der Waals surface area contributed by atoms with Crippen molar-refractivity contribution in [1.29, 1.82) is 0 Å². The molecule has 0 bridgehead atoms. The summed E-state index contributed by atoms with van der Waals surface area (Å²) in [4.78, 5) is 9.68. The summed E-state index contributed by atoms with van der Waals surface area (Å²) < 4.78 is 0. The lowest BCUT2D eigenvalue weighted by molar-refractivity contribution is -0.146. The van der Waals surface area contributed by atoms with E-state index in [0.717, 1.165) is 0 Å². The molecule has 2 N–H and O–H groups in total. The Balaban J connectivity index is 0. The van der Waals surface area contributed by atoms with Gasteiger partial charge in [0.15, 0.2) is 6.10 Å². The molecule has 0 aliphatic heterocycles. The lowest BCUT2D eigenvalue weighted by Gasteiger charge is -1.95. The molecule has 0 spiro atoms. The molecule has 0 aliphatic rings. The number of carbonyl (C=O) groups is 1. The standard InChI is InChI=1S/C4H8O3.C2H6/c1-2-3(5)4(6)7;1-2/h3,5H,2H2,1H3,(H,6,7);1-2H3. The first-order valence-corrected chi connectivity index (χ1v) is 3.09. The molecule has 0 heterocycles. The Kier molecular flexibility index (Phi) is 9.29. The monoisotopic (exact) mass is 134 g/mol. The van der Waals surface area contributed by atoms with Crippen LogP contribution in [-0.2, 0) is 4.79 Å². The van der Waals surface area contributed by atoms with Crippen LogP contribution in [0.15, 0.2) is 0 Å². The molecule has 1 atom stereocenters. The fraction of sp³-hybridized carbons (Fsp3) is 0.833. The topological polar surface area (TPSA) is 57.5 Å². The van der Waals surface area contributed by atoms with Crippen LogP contribution >= 0.6 is 0 Å².